The number of aromatic nitrogens is 2. The maximum atomic E-state index is 14.8. The van der Waals surface area contributed by atoms with Crippen LogP contribution >= 0.6 is 0 Å². The second-order valence-corrected chi connectivity index (χ2v) is 9.19. The lowest BCUT2D eigenvalue weighted by atomic mass is 9.90. The molecule has 0 N–H and O–H groups in total. The van der Waals surface area contributed by atoms with Gasteiger partial charge in [0, 0.05) is 36.2 Å². The fraction of sp³-hybridized carbons (Fsp3) is 0.250. The smallest absolute Gasteiger partial charge is 0.436 e. The van der Waals surface area contributed by atoms with E-state index in [0.717, 1.165) is 12.3 Å². The zero-order valence-electron chi connectivity index (χ0n) is 20.8. The van der Waals surface area contributed by atoms with Gasteiger partial charge in [-0.3, -0.25) is 9.78 Å². The minimum Gasteiger partial charge on any atom is -0.436 e. The Hall–Kier alpha value is -4.02. The van der Waals surface area contributed by atoms with Crippen molar-refractivity contribution in [2.75, 3.05) is 0 Å². The van der Waals surface area contributed by atoms with Crippen LogP contribution in [0.5, 0.6) is 0 Å². The number of benzene rings is 2. The molecule has 0 amide bonds. The molecule has 2 aromatic carbocycles. The number of pyridine rings is 1. The number of nitrogens with zero attached hydrogens (tertiary/aromatic N) is 2. The Labute approximate surface area is 218 Å². The first-order valence-corrected chi connectivity index (χ1v) is 11.7. The van der Waals surface area contributed by atoms with Crippen molar-refractivity contribution >= 4 is 5.78 Å². The van der Waals surface area contributed by atoms with Crippen LogP contribution in [0, 0.1) is 19.7 Å². The molecule has 0 bridgehead atoms. The molecule has 39 heavy (non-hydrogen) atoms. The van der Waals surface area contributed by atoms with Crippen LogP contribution in [0.2, 0.25) is 0 Å². The van der Waals surface area contributed by atoms with Crippen LogP contribution in [0.15, 0.2) is 59.1 Å². The first-order chi connectivity index (χ1) is 18.1. The monoisotopic (exact) mass is 550 g/mol. The van der Waals surface area contributed by atoms with Gasteiger partial charge in [-0.1, -0.05) is 25.1 Å². The molecular formula is C28H21F7N2O2. The lowest BCUT2D eigenvalue weighted by Crippen LogP contribution is -2.10. The minimum absolute atomic E-state index is 0.0250. The fourth-order valence-electron chi connectivity index (χ4n) is 4.13. The first-order valence-electron chi connectivity index (χ1n) is 11.7. The van der Waals surface area contributed by atoms with Gasteiger partial charge < -0.3 is 4.42 Å². The van der Waals surface area contributed by atoms with E-state index in [1.807, 2.05) is 0 Å². The molecule has 0 unspecified atom stereocenters. The fourth-order valence-corrected chi connectivity index (χ4v) is 4.13. The van der Waals surface area contributed by atoms with Crippen molar-refractivity contribution in [2.24, 2.45) is 0 Å². The Bertz CT molecular complexity index is 1520. The third-order valence-corrected chi connectivity index (χ3v) is 6.09. The van der Waals surface area contributed by atoms with Gasteiger partial charge >= 0.3 is 12.4 Å². The Morgan fingerprint density at radius 2 is 1.62 bits per heavy atom. The van der Waals surface area contributed by atoms with Crippen LogP contribution in [0.1, 0.15) is 58.1 Å². The molecule has 2 aromatic heterocycles. The second kappa shape index (κ2) is 10.3. The highest BCUT2D eigenvalue weighted by Crippen LogP contribution is 2.39. The van der Waals surface area contributed by atoms with Gasteiger partial charge in [0.2, 0.25) is 5.76 Å². The number of alkyl halides is 6. The van der Waals surface area contributed by atoms with Crippen LogP contribution in [0.25, 0.3) is 22.4 Å². The largest absolute Gasteiger partial charge is 0.451 e. The molecule has 0 saturated heterocycles. The summed E-state index contributed by atoms with van der Waals surface area (Å²) in [5.74, 6) is -3.34. The highest BCUT2D eigenvalue weighted by molar-refractivity contribution is 5.99. The molecule has 0 aliphatic carbocycles. The van der Waals surface area contributed by atoms with Crippen LogP contribution < -0.4 is 0 Å². The van der Waals surface area contributed by atoms with Crippen molar-refractivity contribution in [3.63, 3.8) is 0 Å². The van der Waals surface area contributed by atoms with Gasteiger partial charge in [0.1, 0.15) is 17.2 Å². The van der Waals surface area contributed by atoms with Crippen LogP contribution in [-0.2, 0) is 12.4 Å². The van der Waals surface area contributed by atoms with Gasteiger partial charge in [0.15, 0.2) is 11.7 Å². The number of hydrogen-bond acceptors (Lipinski definition) is 4. The van der Waals surface area contributed by atoms with Gasteiger partial charge in [-0.25, -0.2) is 9.37 Å². The van der Waals surface area contributed by atoms with Gasteiger partial charge in [-0.05, 0) is 59.9 Å². The molecule has 1 atom stereocenters. The maximum Gasteiger partial charge on any atom is 0.451 e. The molecule has 4 rings (SSSR count). The molecule has 0 aliphatic rings. The number of rotatable bonds is 6. The summed E-state index contributed by atoms with van der Waals surface area (Å²) in [7, 11) is 0. The molecule has 11 heteroatoms. The number of ketones is 1. The predicted octanol–water partition coefficient (Wildman–Crippen LogP) is 8.57. The van der Waals surface area contributed by atoms with Crippen molar-refractivity contribution in [3.8, 4) is 22.4 Å². The number of hydrogen-bond donors (Lipinski definition) is 0. The number of aryl methyl sites for hydroxylation is 2. The Morgan fingerprint density at radius 3 is 2.21 bits per heavy atom. The summed E-state index contributed by atoms with van der Waals surface area (Å²) in [6.45, 7) is 4.52. The van der Waals surface area contributed by atoms with Crippen molar-refractivity contribution in [1.82, 2.24) is 9.97 Å². The summed E-state index contributed by atoms with van der Waals surface area (Å²) in [5, 5.41) is 0. The lowest BCUT2D eigenvalue weighted by molar-refractivity contribution is -0.152. The summed E-state index contributed by atoms with van der Waals surface area (Å²) >= 11 is 0. The Morgan fingerprint density at radius 1 is 0.923 bits per heavy atom. The Kier molecular flexibility index (Phi) is 7.38. The highest BCUT2D eigenvalue weighted by Gasteiger charge is 2.40. The quantitative estimate of drug-likeness (QED) is 0.178. The zero-order valence-corrected chi connectivity index (χ0v) is 20.8. The van der Waals surface area contributed by atoms with E-state index in [2.05, 4.69) is 9.97 Å². The molecular weight excluding hydrogens is 529 g/mol. The SMILES string of the molecule is Cc1ccc(-c2cc(C(=O)C[C@H](C)c3ccc(C(F)(F)F)nc3)cc(-c3nc(C)oc3C(F)(F)F)c2)c(F)c1. The number of Topliss-reactive ketones (excluding diaryl/α,β-unsaturated/α-hetero) is 1. The normalized spacial score (nSPS) is 13.0. The molecule has 204 valence electrons. The van der Waals surface area contributed by atoms with E-state index in [4.69, 9.17) is 4.42 Å². The molecule has 0 aliphatic heterocycles. The van der Waals surface area contributed by atoms with E-state index in [1.54, 1.807) is 19.9 Å². The standard InChI is InChI=1S/C28H21F7N2O2/c1-14-4-6-21(22(29)8-14)18-10-19(12-20(11-18)25-26(28(33,34)35)39-16(3)37-25)23(38)9-15(2)17-5-7-24(36-13-17)27(30,31)32/h4-8,10-13,15H,9H2,1-3H3/t15-/m0/s1. The van der Waals surface area contributed by atoms with E-state index in [-0.39, 0.29) is 34.6 Å². The molecule has 4 aromatic rings. The molecule has 0 fully saturated rings. The topological polar surface area (TPSA) is 56.0 Å². The molecule has 4 nitrogen and oxygen atoms in total. The molecule has 0 spiro atoms. The van der Waals surface area contributed by atoms with Crippen LogP contribution in [-0.4, -0.2) is 15.8 Å². The van der Waals surface area contributed by atoms with Crippen molar-refractivity contribution in [3.05, 3.63) is 94.6 Å². The van der Waals surface area contributed by atoms with Gasteiger partial charge in [0.25, 0.3) is 0 Å². The Balaban J connectivity index is 1.76. The summed E-state index contributed by atoms with van der Waals surface area (Å²) in [6.07, 6.45) is -8.67. The summed E-state index contributed by atoms with van der Waals surface area (Å²) in [4.78, 5) is 20.6. The van der Waals surface area contributed by atoms with Crippen molar-refractivity contribution in [2.45, 2.75) is 45.5 Å². The minimum atomic E-state index is -4.88. The number of oxazole rings is 1. The lowest BCUT2D eigenvalue weighted by Gasteiger charge is -2.14. The number of halogens is 7. The first kappa shape index (κ1) is 28.0. The third kappa shape index (κ3) is 6.18. The summed E-state index contributed by atoms with van der Waals surface area (Å²) in [6, 6.07) is 10.2. The van der Waals surface area contributed by atoms with E-state index in [1.165, 1.54) is 43.3 Å². The average molecular weight is 550 g/mol. The van der Waals surface area contributed by atoms with Crippen LogP contribution in [0.3, 0.4) is 0 Å². The predicted molar refractivity (Wildman–Crippen MR) is 128 cm³/mol. The van der Waals surface area contributed by atoms with E-state index in [0.29, 0.717) is 11.1 Å². The van der Waals surface area contributed by atoms with Crippen molar-refractivity contribution < 1.29 is 39.9 Å². The van der Waals surface area contributed by atoms with Gasteiger partial charge in [-0.15, -0.1) is 0 Å². The highest BCUT2D eigenvalue weighted by atomic mass is 19.4. The number of carbonyl (C=O) groups excluding carboxylic acids is 1. The second-order valence-electron chi connectivity index (χ2n) is 9.19. The van der Waals surface area contributed by atoms with E-state index in [9.17, 15) is 35.5 Å². The van der Waals surface area contributed by atoms with E-state index >= 15 is 0 Å². The molecule has 2 heterocycles. The van der Waals surface area contributed by atoms with Gasteiger partial charge in [0.05, 0.1) is 0 Å². The molecule has 0 saturated carbocycles. The summed E-state index contributed by atoms with van der Waals surface area (Å²) in [5.41, 5.74) is -0.574. The zero-order chi connectivity index (χ0) is 28.7. The van der Waals surface area contributed by atoms with Gasteiger partial charge in [-0.2, -0.15) is 26.3 Å². The molecule has 0 radical (unpaired) electrons. The average Bonchev–Trinajstić information content (AvgIpc) is 3.25. The van der Waals surface area contributed by atoms with E-state index < -0.39 is 47.0 Å². The maximum absolute atomic E-state index is 14.8. The van der Waals surface area contributed by atoms with Crippen molar-refractivity contribution in [1.29, 1.82) is 0 Å². The van der Waals surface area contributed by atoms with Crippen LogP contribution in [0.4, 0.5) is 30.7 Å². The number of carbonyl (C=O) groups is 1. The third-order valence-electron chi connectivity index (χ3n) is 6.09. The summed E-state index contributed by atoms with van der Waals surface area (Å²) < 4.78 is 99.1.